The molecule has 1 aliphatic heterocycles. The maximum atomic E-state index is 12.4. The molecule has 0 unspecified atom stereocenters. The van der Waals surface area contributed by atoms with Gasteiger partial charge in [-0.25, -0.2) is 9.78 Å². The molecule has 170 valence electrons. The van der Waals surface area contributed by atoms with Gasteiger partial charge in [0.05, 0.1) is 18.8 Å². The van der Waals surface area contributed by atoms with Crippen LogP contribution in [-0.4, -0.2) is 58.1 Å². The highest BCUT2D eigenvalue weighted by Crippen LogP contribution is 2.21. The summed E-state index contributed by atoms with van der Waals surface area (Å²) in [7, 11) is 0. The van der Waals surface area contributed by atoms with Crippen LogP contribution in [0.4, 0.5) is 27.9 Å². The summed E-state index contributed by atoms with van der Waals surface area (Å²) in [6, 6.07) is 10.7. The lowest BCUT2D eigenvalue weighted by atomic mass is 10.2. The number of carbonyl (C=O) groups is 2. The minimum atomic E-state index is -0.636. The second kappa shape index (κ2) is 10.4. The minimum absolute atomic E-state index is 0.177. The van der Waals surface area contributed by atoms with E-state index in [2.05, 4.69) is 30.9 Å². The van der Waals surface area contributed by atoms with Crippen LogP contribution >= 0.6 is 0 Å². The van der Waals surface area contributed by atoms with E-state index in [0.29, 0.717) is 50.0 Å². The fraction of sp³-hybridized carbons (Fsp3) is 0.227. The smallest absolute Gasteiger partial charge is 0.322 e. The number of nitrogens with one attached hydrogen (secondary N) is 3. The van der Waals surface area contributed by atoms with E-state index in [0.717, 1.165) is 5.56 Å². The summed E-state index contributed by atoms with van der Waals surface area (Å²) in [6.45, 7) is 2.58. The predicted molar refractivity (Wildman–Crippen MR) is 123 cm³/mol. The van der Waals surface area contributed by atoms with Crippen LogP contribution in [0.15, 0.2) is 55.0 Å². The molecule has 0 aliphatic carbocycles. The number of nitrogens with zero attached hydrogens (tertiary/aromatic N) is 4. The third-order valence-electron chi connectivity index (χ3n) is 4.91. The summed E-state index contributed by atoms with van der Waals surface area (Å²) in [4.78, 5) is 38.6. The molecule has 4 rings (SSSR count). The van der Waals surface area contributed by atoms with Crippen LogP contribution in [0.25, 0.3) is 0 Å². The minimum Gasteiger partial charge on any atom is -0.378 e. The van der Waals surface area contributed by atoms with E-state index in [-0.39, 0.29) is 17.5 Å². The van der Waals surface area contributed by atoms with Crippen molar-refractivity contribution in [1.82, 2.24) is 19.9 Å². The molecular formula is C22H24N8O3. The van der Waals surface area contributed by atoms with Crippen molar-refractivity contribution in [1.29, 1.82) is 0 Å². The highest BCUT2D eigenvalue weighted by molar-refractivity contribution is 5.97. The average Bonchev–Trinajstić information content (AvgIpc) is 2.84. The number of aromatic nitrogens is 3. The van der Waals surface area contributed by atoms with Gasteiger partial charge in [-0.3, -0.25) is 9.78 Å². The molecule has 3 heterocycles. The van der Waals surface area contributed by atoms with Gasteiger partial charge < -0.3 is 31.3 Å². The predicted octanol–water partition coefficient (Wildman–Crippen LogP) is 2.19. The van der Waals surface area contributed by atoms with Gasteiger partial charge in [0.25, 0.3) is 5.91 Å². The number of rotatable bonds is 7. The van der Waals surface area contributed by atoms with Gasteiger partial charge in [0.1, 0.15) is 5.82 Å². The first-order valence-electron chi connectivity index (χ1n) is 10.4. The first-order valence-corrected chi connectivity index (χ1v) is 10.4. The number of pyridine rings is 1. The summed E-state index contributed by atoms with van der Waals surface area (Å²) in [6.07, 6.45) is 4.77. The third-order valence-corrected chi connectivity index (χ3v) is 4.91. The summed E-state index contributed by atoms with van der Waals surface area (Å²) in [5.74, 6) is -0.0611. The molecule has 5 N–H and O–H groups in total. The Bertz CT molecular complexity index is 1120. The van der Waals surface area contributed by atoms with Crippen LogP contribution in [0.3, 0.4) is 0 Å². The highest BCUT2D eigenvalue weighted by atomic mass is 16.5. The maximum Gasteiger partial charge on any atom is 0.322 e. The first-order chi connectivity index (χ1) is 16.1. The summed E-state index contributed by atoms with van der Waals surface area (Å²) in [5.41, 5.74) is 7.86. The van der Waals surface area contributed by atoms with Crippen molar-refractivity contribution in [3.8, 4) is 0 Å². The van der Waals surface area contributed by atoms with Gasteiger partial charge in [-0.05, 0) is 29.8 Å². The van der Waals surface area contributed by atoms with Crippen molar-refractivity contribution in [2.75, 3.05) is 42.3 Å². The monoisotopic (exact) mass is 448 g/mol. The topological polar surface area (TPSA) is 147 Å². The molecule has 0 saturated carbocycles. The molecule has 11 heteroatoms. The van der Waals surface area contributed by atoms with Crippen LogP contribution < -0.4 is 21.7 Å². The van der Waals surface area contributed by atoms with Crippen LogP contribution in [-0.2, 0) is 11.3 Å². The normalized spacial score (nSPS) is 13.3. The number of benzene rings is 1. The second-order valence-corrected chi connectivity index (χ2v) is 7.27. The number of amides is 3. The lowest BCUT2D eigenvalue weighted by Crippen LogP contribution is -2.43. The van der Waals surface area contributed by atoms with E-state index in [1.54, 1.807) is 35.5 Å². The zero-order valence-electron chi connectivity index (χ0n) is 17.8. The van der Waals surface area contributed by atoms with E-state index in [4.69, 9.17) is 10.5 Å². The summed E-state index contributed by atoms with van der Waals surface area (Å²) >= 11 is 0. The molecule has 0 atom stereocenters. The zero-order chi connectivity index (χ0) is 23.0. The van der Waals surface area contributed by atoms with Gasteiger partial charge in [0, 0.05) is 49.6 Å². The number of morpholine rings is 1. The lowest BCUT2D eigenvalue weighted by Gasteiger charge is -2.27. The first kappa shape index (κ1) is 22.0. The number of nitrogens with two attached hydrogens (primary N) is 1. The molecule has 1 fully saturated rings. The van der Waals surface area contributed by atoms with E-state index in [1.807, 2.05) is 18.2 Å². The fourth-order valence-electron chi connectivity index (χ4n) is 3.22. The van der Waals surface area contributed by atoms with Gasteiger partial charge in [0.2, 0.25) is 5.95 Å². The van der Waals surface area contributed by atoms with E-state index < -0.39 is 5.91 Å². The fourth-order valence-corrected chi connectivity index (χ4v) is 3.22. The van der Waals surface area contributed by atoms with Gasteiger partial charge in [0.15, 0.2) is 0 Å². The number of carbonyl (C=O) groups excluding carboxylic acids is 2. The molecule has 2 aromatic heterocycles. The second-order valence-electron chi connectivity index (χ2n) is 7.27. The summed E-state index contributed by atoms with van der Waals surface area (Å²) in [5, 5.41) is 9.08. The molecule has 0 spiro atoms. The van der Waals surface area contributed by atoms with Gasteiger partial charge in [-0.1, -0.05) is 12.1 Å². The molecule has 11 nitrogen and oxygen atoms in total. The third kappa shape index (κ3) is 5.92. The van der Waals surface area contributed by atoms with Crippen LogP contribution in [0.1, 0.15) is 15.9 Å². The lowest BCUT2D eigenvalue weighted by molar-refractivity contribution is 0.0564. The number of hydrogen-bond acceptors (Lipinski definition) is 8. The summed E-state index contributed by atoms with van der Waals surface area (Å²) < 4.78 is 5.28. The Balaban J connectivity index is 1.46. The largest absolute Gasteiger partial charge is 0.378 e. The van der Waals surface area contributed by atoms with Crippen molar-refractivity contribution in [3.63, 3.8) is 0 Å². The van der Waals surface area contributed by atoms with Crippen molar-refractivity contribution >= 4 is 35.1 Å². The molecule has 0 radical (unpaired) electrons. The average molecular weight is 448 g/mol. The number of primary amides is 1. The van der Waals surface area contributed by atoms with E-state index >= 15 is 0 Å². The van der Waals surface area contributed by atoms with Crippen LogP contribution in [0.2, 0.25) is 0 Å². The van der Waals surface area contributed by atoms with Crippen molar-refractivity contribution in [3.05, 3.63) is 66.1 Å². The Morgan fingerprint density at radius 2 is 1.91 bits per heavy atom. The van der Waals surface area contributed by atoms with Gasteiger partial charge in [-0.2, -0.15) is 4.98 Å². The molecule has 33 heavy (non-hydrogen) atoms. The number of ether oxygens (including phenoxy) is 1. The van der Waals surface area contributed by atoms with Crippen molar-refractivity contribution < 1.29 is 14.3 Å². The SMILES string of the molecule is NC(=O)c1cnc(Nc2cccc(NC(=O)N3CCOCC3)c2)nc1NCc1cccnc1. The molecule has 1 aliphatic rings. The zero-order valence-corrected chi connectivity index (χ0v) is 17.8. The molecule has 1 aromatic carbocycles. The van der Waals surface area contributed by atoms with Gasteiger partial charge >= 0.3 is 6.03 Å². The standard InChI is InChI=1S/C22H24N8O3/c23-19(31)18-14-26-21(29-20(18)25-13-15-3-2-6-24-12-15)27-16-4-1-5-17(11-16)28-22(32)30-7-9-33-10-8-30/h1-6,11-12,14H,7-10,13H2,(H2,23,31)(H,28,32)(H2,25,26,27,29). The van der Waals surface area contributed by atoms with E-state index in [1.165, 1.54) is 6.20 Å². The Morgan fingerprint density at radius 1 is 1.09 bits per heavy atom. The number of hydrogen-bond donors (Lipinski definition) is 4. The Kier molecular flexibility index (Phi) is 6.90. The number of anilines is 4. The van der Waals surface area contributed by atoms with Crippen molar-refractivity contribution in [2.24, 2.45) is 5.73 Å². The Morgan fingerprint density at radius 3 is 2.67 bits per heavy atom. The van der Waals surface area contributed by atoms with E-state index in [9.17, 15) is 9.59 Å². The molecular weight excluding hydrogens is 424 g/mol. The maximum absolute atomic E-state index is 12.4. The molecule has 1 saturated heterocycles. The molecule has 3 amide bonds. The Labute approximate surface area is 190 Å². The van der Waals surface area contributed by atoms with Crippen LogP contribution in [0, 0.1) is 0 Å². The Hall–Kier alpha value is -4.25. The van der Waals surface area contributed by atoms with Gasteiger partial charge in [-0.15, -0.1) is 0 Å². The molecule has 3 aromatic rings. The number of urea groups is 1. The quantitative estimate of drug-likeness (QED) is 0.430. The highest BCUT2D eigenvalue weighted by Gasteiger charge is 2.17. The van der Waals surface area contributed by atoms with Crippen LogP contribution in [0.5, 0.6) is 0 Å². The molecule has 0 bridgehead atoms. The van der Waals surface area contributed by atoms with Crippen molar-refractivity contribution in [2.45, 2.75) is 6.54 Å².